The van der Waals surface area contributed by atoms with Gasteiger partial charge in [0.15, 0.2) is 0 Å². The van der Waals surface area contributed by atoms with Gasteiger partial charge in [-0.15, -0.1) is 0 Å². The van der Waals surface area contributed by atoms with Crippen molar-refractivity contribution in [2.45, 2.75) is 77.0 Å². The third-order valence-electron chi connectivity index (χ3n) is 7.27. The minimum atomic E-state index is -0.763. The van der Waals surface area contributed by atoms with Gasteiger partial charge < -0.3 is 0 Å². The zero-order chi connectivity index (χ0) is 21.8. The standard InChI is InChI=1S/C28H31F2N/c1-2-3-4-5-19-6-8-20(9-7-19)21-10-12-22(13-11-21)23-14-15-25-24(16-23)17-27(29)26(18-31)28(25)30/h10-14,17,19-20H,2-9,15-16H2,1H3. The lowest BCUT2D eigenvalue weighted by Crippen LogP contribution is -2.13. The van der Waals surface area contributed by atoms with Crippen LogP contribution in [0.25, 0.3) is 5.57 Å². The van der Waals surface area contributed by atoms with Crippen LogP contribution in [-0.2, 0) is 12.8 Å². The number of benzene rings is 2. The Hall–Kier alpha value is -2.47. The van der Waals surface area contributed by atoms with Crippen molar-refractivity contribution in [3.05, 3.63) is 75.9 Å². The second-order valence-corrected chi connectivity index (χ2v) is 9.24. The molecule has 3 heteroatoms. The number of allylic oxidation sites excluding steroid dienone is 2. The summed E-state index contributed by atoms with van der Waals surface area (Å²) in [5.74, 6) is 0.107. The molecule has 1 fully saturated rings. The minimum absolute atomic E-state index is 0.398. The zero-order valence-electron chi connectivity index (χ0n) is 18.4. The fourth-order valence-electron chi connectivity index (χ4n) is 5.35. The number of nitrogens with zero attached hydrogens (tertiary/aromatic N) is 1. The molecule has 0 aromatic heterocycles. The van der Waals surface area contributed by atoms with Crippen molar-refractivity contribution < 1.29 is 8.78 Å². The van der Waals surface area contributed by atoms with Crippen molar-refractivity contribution in [3.8, 4) is 6.07 Å². The first-order chi connectivity index (χ1) is 15.1. The molecule has 0 amide bonds. The largest absolute Gasteiger partial charge is 0.205 e. The van der Waals surface area contributed by atoms with Crippen molar-refractivity contribution in [3.63, 3.8) is 0 Å². The SMILES string of the molecule is CCCCCC1CCC(c2ccc(C3=CCc4c(cc(F)c(C#N)c4F)C3)cc2)CC1. The molecule has 162 valence electrons. The summed E-state index contributed by atoms with van der Waals surface area (Å²) in [6.45, 7) is 2.27. The highest BCUT2D eigenvalue weighted by Crippen LogP contribution is 2.38. The molecule has 0 aliphatic heterocycles. The van der Waals surface area contributed by atoms with Crippen LogP contribution in [0, 0.1) is 28.9 Å². The van der Waals surface area contributed by atoms with Crippen LogP contribution >= 0.6 is 0 Å². The monoisotopic (exact) mass is 419 g/mol. The molecule has 0 heterocycles. The lowest BCUT2D eigenvalue weighted by atomic mass is 9.76. The number of fused-ring (bicyclic) bond motifs is 1. The van der Waals surface area contributed by atoms with Crippen LogP contribution in [0.15, 0.2) is 36.4 Å². The number of hydrogen-bond acceptors (Lipinski definition) is 1. The molecule has 0 unspecified atom stereocenters. The van der Waals surface area contributed by atoms with Gasteiger partial charge in [0.1, 0.15) is 23.3 Å². The highest BCUT2D eigenvalue weighted by atomic mass is 19.1. The van der Waals surface area contributed by atoms with E-state index in [2.05, 4.69) is 31.2 Å². The van der Waals surface area contributed by atoms with Gasteiger partial charge in [0.2, 0.25) is 0 Å². The predicted octanol–water partition coefficient (Wildman–Crippen LogP) is 7.87. The summed E-state index contributed by atoms with van der Waals surface area (Å²) in [6, 6.07) is 11.8. The summed E-state index contributed by atoms with van der Waals surface area (Å²) in [4.78, 5) is 0. The van der Waals surface area contributed by atoms with E-state index in [1.807, 2.05) is 6.08 Å². The summed E-state index contributed by atoms with van der Waals surface area (Å²) in [6.07, 6.45) is 13.6. The molecule has 0 atom stereocenters. The molecule has 4 rings (SSSR count). The average Bonchev–Trinajstić information content (AvgIpc) is 2.80. The van der Waals surface area contributed by atoms with Crippen LogP contribution < -0.4 is 0 Å². The van der Waals surface area contributed by atoms with Crippen LogP contribution in [0.2, 0.25) is 0 Å². The molecule has 2 aromatic carbocycles. The highest BCUT2D eigenvalue weighted by molar-refractivity contribution is 5.71. The van der Waals surface area contributed by atoms with E-state index in [4.69, 9.17) is 5.26 Å². The van der Waals surface area contributed by atoms with E-state index < -0.39 is 17.2 Å². The Kier molecular flexibility index (Phi) is 6.86. The van der Waals surface area contributed by atoms with E-state index in [0.717, 1.165) is 17.1 Å². The Bertz CT molecular complexity index is 989. The molecular formula is C28H31F2N. The average molecular weight is 420 g/mol. The Morgan fingerprint density at radius 2 is 1.77 bits per heavy atom. The second kappa shape index (κ2) is 9.77. The number of halogens is 2. The normalized spacial score (nSPS) is 20.6. The maximum atomic E-state index is 14.4. The number of hydrogen-bond donors (Lipinski definition) is 0. The van der Waals surface area contributed by atoms with Crippen LogP contribution in [0.4, 0.5) is 8.78 Å². The van der Waals surface area contributed by atoms with Gasteiger partial charge in [-0.2, -0.15) is 5.26 Å². The van der Waals surface area contributed by atoms with Crippen LogP contribution in [0.5, 0.6) is 0 Å². The van der Waals surface area contributed by atoms with Gasteiger partial charge in [-0.25, -0.2) is 8.78 Å². The first-order valence-corrected chi connectivity index (χ1v) is 11.8. The number of unbranched alkanes of at least 4 members (excludes halogenated alkanes) is 2. The van der Waals surface area contributed by atoms with E-state index >= 15 is 0 Å². The van der Waals surface area contributed by atoms with E-state index in [1.165, 1.54) is 63.0 Å². The Balaban J connectivity index is 1.40. The third-order valence-corrected chi connectivity index (χ3v) is 7.27. The lowest BCUT2D eigenvalue weighted by Gasteiger charge is -2.29. The first-order valence-electron chi connectivity index (χ1n) is 11.8. The van der Waals surface area contributed by atoms with Gasteiger partial charge in [-0.1, -0.05) is 62.9 Å². The molecular weight excluding hydrogens is 388 g/mol. The Morgan fingerprint density at radius 3 is 2.45 bits per heavy atom. The summed E-state index contributed by atoms with van der Waals surface area (Å²) >= 11 is 0. The third kappa shape index (κ3) is 4.74. The van der Waals surface area contributed by atoms with E-state index in [-0.39, 0.29) is 0 Å². The van der Waals surface area contributed by atoms with Crippen LogP contribution in [0.3, 0.4) is 0 Å². The predicted molar refractivity (Wildman–Crippen MR) is 122 cm³/mol. The summed E-state index contributed by atoms with van der Waals surface area (Å²) < 4.78 is 28.5. The molecule has 0 spiro atoms. The summed E-state index contributed by atoms with van der Waals surface area (Å²) in [5.41, 5.74) is 4.27. The van der Waals surface area contributed by atoms with Crippen molar-refractivity contribution in [2.75, 3.05) is 0 Å². The van der Waals surface area contributed by atoms with E-state index in [1.54, 1.807) is 6.07 Å². The van der Waals surface area contributed by atoms with Crippen molar-refractivity contribution in [2.24, 2.45) is 5.92 Å². The molecule has 31 heavy (non-hydrogen) atoms. The smallest absolute Gasteiger partial charge is 0.147 e. The molecule has 2 aromatic rings. The Labute approximate surface area is 184 Å². The topological polar surface area (TPSA) is 23.8 Å². The van der Waals surface area contributed by atoms with Gasteiger partial charge in [-0.3, -0.25) is 0 Å². The maximum absolute atomic E-state index is 14.4. The van der Waals surface area contributed by atoms with Gasteiger partial charge >= 0.3 is 0 Å². The number of rotatable bonds is 6. The molecule has 2 aliphatic rings. The quantitative estimate of drug-likeness (QED) is 0.437. The van der Waals surface area contributed by atoms with Crippen LogP contribution in [-0.4, -0.2) is 0 Å². The molecule has 1 saturated carbocycles. The minimum Gasteiger partial charge on any atom is -0.205 e. The molecule has 0 bridgehead atoms. The van der Waals surface area contributed by atoms with Crippen molar-refractivity contribution >= 4 is 5.57 Å². The van der Waals surface area contributed by atoms with Gasteiger partial charge in [0.05, 0.1) is 0 Å². The van der Waals surface area contributed by atoms with E-state index in [0.29, 0.717) is 29.9 Å². The molecule has 0 saturated heterocycles. The molecule has 1 nitrogen and oxygen atoms in total. The fraction of sp³-hybridized carbons (Fsp3) is 0.464. The second-order valence-electron chi connectivity index (χ2n) is 9.24. The first kappa shape index (κ1) is 21.8. The Morgan fingerprint density at radius 1 is 1.03 bits per heavy atom. The molecule has 0 N–H and O–H groups in total. The highest BCUT2D eigenvalue weighted by Gasteiger charge is 2.24. The van der Waals surface area contributed by atoms with Gasteiger partial charge in [0, 0.05) is 0 Å². The van der Waals surface area contributed by atoms with Crippen LogP contribution in [0.1, 0.15) is 92.0 Å². The molecule has 2 aliphatic carbocycles. The maximum Gasteiger partial charge on any atom is 0.147 e. The summed E-state index contributed by atoms with van der Waals surface area (Å²) in [7, 11) is 0. The van der Waals surface area contributed by atoms with Gasteiger partial charge in [-0.05, 0) is 84.3 Å². The van der Waals surface area contributed by atoms with Crippen molar-refractivity contribution in [1.82, 2.24) is 0 Å². The van der Waals surface area contributed by atoms with E-state index in [9.17, 15) is 8.78 Å². The molecule has 0 radical (unpaired) electrons. The zero-order valence-corrected chi connectivity index (χ0v) is 18.4. The number of nitriles is 1. The summed E-state index contributed by atoms with van der Waals surface area (Å²) in [5, 5.41) is 8.98. The van der Waals surface area contributed by atoms with Gasteiger partial charge in [0.25, 0.3) is 0 Å². The van der Waals surface area contributed by atoms with Crippen molar-refractivity contribution in [1.29, 1.82) is 5.26 Å². The fourth-order valence-corrected chi connectivity index (χ4v) is 5.35. The lowest BCUT2D eigenvalue weighted by molar-refractivity contribution is 0.303.